The molecule has 2 atom stereocenters. The number of nitrogens with zero attached hydrogens (tertiary/aromatic N) is 3. The molecule has 1 unspecified atom stereocenters. The zero-order valence-corrected chi connectivity index (χ0v) is 14.9. The molecule has 0 saturated carbocycles. The van der Waals surface area contributed by atoms with E-state index in [2.05, 4.69) is 64.3 Å². The van der Waals surface area contributed by atoms with Gasteiger partial charge in [-0.1, -0.05) is 0 Å². The average Bonchev–Trinajstić information content (AvgIpc) is 2.98. The third-order valence-electron chi connectivity index (χ3n) is 4.19. The van der Waals surface area contributed by atoms with Crippen molar-refractivity contribution in [2.24, 2.45) is 0 Å². The van der Waals surface area contributed by atoms with E-state index in [4.69, 9.17) is 0 Å². The molecule has 0 amide bonds. The van der Waals surface area contributed by atoms with E-state index in [0.717, 1.165) is 24.1 Å². The second-order valence-corrected chi connectivity index (χ2v) is 6.97. The molecule has 110 valence electrons. The summed E-state index contributed by atoms with van der Waals surface area (Å²) in [6.45, 7) is 3.28. The number of benzene rings is 1. The summed E-state index contributed by atoms with van der Waals surface area (Å²) in [7, 11) is 2.24. The molecule has 1 aliphatic rings. The fourth-order valence-electron chi connectivity index (χ4n) is 2.97. The molecule has 0 bridgehead atoms. The van der Waals surface area contributed by atoms with Gasteiger partial charge in [0.1, 0.15) is 0 Å². The van der Waals surface area contributed by atoms with Crippen LogP contribution in [0.4, 0.5) is 5.69 Å². The van der Waals surface area contributed by atoms with Crippen molar-refractivity contribution in [1.29, 1.82) is 0 Å². The van der Waals surface area contributed by atoms with E-state index in [9.17, 15) is 0 Å². The number of hydrogen-bond donors (Lipinski definition) is 0. The summed E-state index contributed by atoms with van der Waals surface area (Å²) >= 11 is 1.59. The molecule has 1 aromatic carbocycles. The molecule has 3 rings (SSSR count). The third-order valence-corrected chi connectivity index (χ3v) is 4.85. The standard InChI is InChI=1S/C17H22AsN3/c1-20(12-14-5-3-2-4-6-14)16-8-10-21(13-16)15-7-9-19-17(18)11-15/h2-7,9,11,16H,8,10,12-13,18H2,1H3/t16-/m0/s1. The molecular weight excluding hydrogens is 321 g/mol. The van der Waals surface area contributed by atoms with Crippen molar-refractivity contribution in [3.63, 3.8) is 0 Å². The zero-order valence-electron chi connectivity index (χ0n) is 12.4. The van der Waals surface area contributed by atoms with Crippen molar-refractivity contribution in [2.45, 2.75) is 19.0 Å². The topological polar surface area (TPSA) is 19.4 Å². The van der Waals surface area contributed by atoms with Gasteiger partial charge in [0, 0.05) is 0 Å². The van der Waals surface area contributed by atoms with Gasteiger partial charge in [0.25, 0.3) is 0 Å². The molecule has 4 heteroatoms. The average molecular weight is 343 g/mol. The monoisotopic (exact) mass is 343 g/mol. The number of aromatic nitrogens is 1. The first kappa shape index (κ1) is 14.6. The molecular formula is C17H22AsN3. The second kappa shape index (κ2) is 6.63. The Bertz CT molecular complexity index is 588. The predicted octanol–water partition coefficient (Wildman–Crippen LogP) is 1.05. The second-order valence-electron chi connectivity index (χ2n) is 5.73. The normalized spacial score (nSPS) is 18.4. The Morgan fingerprint density at radius 1 is 1.29 bits per heavy atom. The zero-order chi connectivity index (χ0) is 14.7. The molecule has 1 fully saturated rings. The van der Waals surface area contributed by atoms with Crippen LogP contribution in [0, 0.1) is 0 Å². The van der Waals surface area contributed by atoms with Crippen molar-refractivity contribution < 1.29 is 0 Å². The van der Waals surface area contributed by atoms with Crippen LogP contribution in [0.2, 0.25) is 0 Å². The molecule has 0 spiro atoms. The molecule has 1 saturated heterocycles. The van der Waals surface area contributed by atoms with E-state index < -0.39 is 0 Å². The quantitative estimate of drug-likeness (QED) is 0.774. The first-order valence-electron chi connectivity index (χ1n) is 7.43. The van der Waals surface area contributed by atoms with Gasteiger partial charge in [0.05, 0.1) is 0 Å². The van der Waals surface area contributed by atoms with Crippen LogP contribution in [0.25, 0.3) is 0 Å². The molecule has 0 aliphatic carbocycles. The van der Waals surface area contributed by atoms with Crippen LogP contribution < -0.4 is 9.38 Å². The van der Waals surface area contributed by atoms with Gasteiger partial charge < -0.3 is 0 Å². The minimum absolute atomic E-state index is 0.629. The number of rotatable bonds is 4. The SMILES string of the molecule is CN(Cc1ccccc1)[C@H]1CCN(c2ccnc([AsH2])c2)C1. The van der Waals surface area contributed by atoms with Gasteiger partial charge in [-0.3, -0.25) is 0 Å². The van der Waals surface area contributed by atoms with E-state index in [-0.39, 0.29) is 0 Å². The Morgan fingerprint density at radius 2 is 2.10 bits per heavy atom. The maximum atomic E-state index is 4.31. The number of hydrogen-bond acceptors (Lipinski definition) is 3. The van der Waals surface area contributed by atoms with Crippen LogP contribution >= 0.6 is 0 Å². The van der Waals surface area contributed by atoms with Crippen molar-refractivity contribution in [1.82, 2.24) is 9.88 Å². The summed E-state index contributed by atoms with van der Waals surface area (Å²) in [5, 5.41) is 0. The van der Waals surface area contributed by atoms with Gasteiger partial charge in [0.2, 0.25) is 0 Å². The van der Waals surface area contributed by atoms with Crippen LogP contribution in [0.3, 0.4) is 0 Å². The minimum atomic E-state index is 0.629. The fraction of sp³-hybridized carbons (Fsp3) is 0.353. The summed E-state index contributed by atoms with van der Waals surface area (Å²) in [4.78, 5) is 9.27. The number of likely N-dealkylation sites (N-methyl/N-ethyl adjacent to an activating group) is 1. The summed E-state index contributed by atoms with van der Waals surface area (Å²) in [6.07, 6.45) is 3.16. The molecule has 2 aromatic rings. The molecule has 0 N–H and O–H groups in total. The fourth-order valence-corrected chi connectivity index (χ4v) is 3.51. The van der Waals surface area contributed by atoms with Crippen molar-refractivity contribution in [3.8, 4) is 0 Å². The number of anilines is 1. The van der Waals surface area contributed by atoms with E-state index in [1.165, 1.54) is 17.7 Å². The van der Waals surface area contributed by atoms with Crippen LogP contribution in [0.15, 0.2) is 48.7 Å². The van der Waals surface area contributed by atoms with Crippen molar-refractivity contribution in [2.75, 3.05) is 25.0 Å². The van der Waals surface area contributed by atoms with Crippen LogP contribution in [0.5, 0.6) is 0 Å². The first-order chi connectivity index (χ1) is 10.2. The summed E-state index contributed by atoms with van der Waals surface area (Å²) in [5.41, 5.74) is 2.71. The molecule has 2 heterocycles. The van der Waals surface area contributed by atoms with E-state index in [1.54, 1.807) is 16.9 Å². The Balaban J connectivity index is 1.61. The van der Waals surface area contributed by atoms with Gasteiger partial charge in [-0.05, 0) is 0 Å². The Morgan fingerprint density at radius 3 is 2.86 bits per heavy atom. The van der Waals surface area contributed by atoms with Gasteiger partial charge in [-0.2, -0.15) is 0 Å². The summed E-state index contributed by atoms with van der Waals surface area (Å²) < 4.78 is 1.15. The summed E-state index contributed by atoms with van der Waals surface area (Å²) in [6, 6.07) is 15.7. The predicted molar refractivity (Wildman–Crippen MR) is 90.9 cm³/mol. The molecule has 21 heavy (non-hydrogen) atoms. The maximum absolute atomic E-state index is 4.31. The molecule has 3 nitrogen and oxygen atoms in total. The molecule has 0 radical (unpaired) electrons. The van der Waals surface area contributed by atoms with Crippen LogP contribution in [0.1, 0.15) is 12.0 Å². The van der Waals surface area contributed by atoms with Gasteiger partial charge in [-0.15, -0.1) is 0 Å². The van der Waals surface area contributed by atoms with E-state index in [0.29, 0.717) is 6.04 Å². The van der Waals surface area contributed by atoms with E-state index in [1.807, 2.05) is 6.20 Å². The van der Waals surface area contributed by atoms with Gasteiger partial charge in [0.15, 0.2) is 0 Å². The van der Waals surface area contributed by atoms with Crippen molar-refractivity contribution in [3.05, 3.63) is 54.2 Å². The Hall–Kier alpha value is -1.31. The third kappa shape index (κ3) is 3.66. The van der Waals surface area contributed by atoms with Crippen LogP contribution in [-0.4, -0.2) is 52.9 Å². The van der Waals surface area contributed by atoms with Crippen molar-refractivity contribution >= 4 is 27.0 Å². The first-order valence-corrected chi connectivity index (χ1v) is 8.64. The molecule has 1 aromatic heterocycles. The Labute approximate surface area is 135 Å². The Kier molecular flexibility index (Phi) is 4.62. The van der Waals surface area contributed by atoms with E-state index >= 15 is 0 Å². The molecule has 1 aliphatic heterocycles. The van der Waals surface area contributed by atoms with Gasteiger partial charge >= 0.3 is 135 Å². The summed E-state index contributed by atoms with van der Waals surface area (Å²) in [5.74, 6) is 0. The van der Waals surface area contributed by atoms with Crippen LogP contribution in [-0.2, 0) is 6.54 Å². The number of pyridine rings is 1. The van der Waals surface area contributed by atoms with Gasteiger partial charge in [-0.25, -0.2) is 0 Å².